The number of nitrogens with zero attached hydrogens (tertiary/aromatic N) is 1. The molecule has 0 aromatic heterocycles. The highest BCUT2D eigenvalue weighted by Gasteiger charge is 2.24. The molecule has 24 heavy (non-hydrogen) atoms. The zero-order chi connectivity index (χ0) is 17.7. The average molecular weight is 335 g/mol. The molecule has 0 bridgehead atoms. The molecule has 1 saturated heterocycles. The SMILES string of the molecule is COc1ccc(NC(C)=O)cc1NC(=O)CN1CC(C)OC(C)C1. The van der Waals surface area contributed by atoms with Gasteiger partial charge in [-0.3, -0.25) is 14.5 Å². The van der Waals surface area contributed by atoms with E-state index < -0.39 is 0 Å². The van der Waals surface area contributed by atoms with Gasteiger partial charge in [-0.2, -0.15) is 0 Å². The molecule has 2 N–H and O–H groups in total. The number of amides is 2. The third-order valence-corrected chi connectivity index (χ3v) is 3.66. The Hall–Kier alpha value is -2.12. The minimum absolute atomic E-state index is 0.110. The zero-order valence-electron chi connectivity index (χ0n) is 14.6. The molecule has 7 heteroatoms. The van der Waals surface area contributed by atoms with Gasteiger partial charge in [0.05, 0.1) is 31.5 Å². The second-order valence-corrected chi connectivity index (χ2v) is 6.10. The van der Waals surface area contributed by atoms with Crippen molar-refractivity contribution in [1.29, 1.82) is 0 Å². The van der Waals surface area contributed by atoms with Gasteiger partial charge >= 0.3 is 0 Å². The van der Waals surface area contributed by atoms with Crippen LogP contribution in [-0.2, 0) is 14.3 Å². The summed E-state index contributed by atoms with van der Waals surface area (Å²) in [6.07, 6.45) is 0.221. The Balaban J connectivity index is 2.03. The number of carbonyl (C=O) groups is 2. The Kier molecular flexibility index (Phi) is 6.16. The minimum atomic E-state index is -0.172. The molecule has 0 spiro atoms. The summed E-state index contributed by atoms with van der Waals surface area (Å²) in [5, 5.41) is 5.54. The van der Waals surface area contributed by atoms with Crippen molar-refractivity contribution in [2.24, 2.45) is 0 Å². The van der Waals surface area contributed by atoms with Crippen LogP contribution in [0.1, 0.15) is 20.8 Å². The fourth-order valence-electron chi connectivity index (χ4n) is 2.89. The highest BCUT2D eigenvalue weighted by Crippen LogP contribution is 2.28. The standard InChI is InChI=1S/C17H25N3O4/c1-11-8-20(9-12(2)24-11)10-17(22)19-15-7-14(18-13(3)21)5-6-16(15)23-4/h5-7,11-12H,8-10H2,1-4H3,(H,18,21)(H,19,22). The van der Waals surface area contributed by atoms with Crippen molar-refractivity contribution in [1.82, 2.24) is 4.90 Å². The van der Waals surface area contributed by atoms with Crippen molar-refractivity contribution in [2.45, 2.75) is 33.0 Å². The predicted octanol–water partition coefficient (Wildman–Crippen LogP) is 1.70. The summed E-state index contributed by atoms with van der Waals surface area (Å²) < 4.78 is 10.9. The second kappa shape index (κ2) is 8.12. The monoisotopic (exact) mass is 335 g/mol. The molecule has 1 aliphatic rings. The minimum Gasteiger partial charge on any atom is -0.495 e. The van der Waals surface area contributed by atoms with Gasteiger partial charge in [0, 0.05) is 25.7 Å². The van der Waals surface area contributed by atoms with Crippen LogP contribution in [-0.4, -0.2) is 55.7 Å². The van der Waals surface area contributed by atoms with E-state index >= 15 is 0 Å². The van der Waals surface area contributed by atoms with Crippen molar-refractivity contribution in [2.75, 3.05) is 37.4 Å². The van der Waals surface area contributed by atoms with E-state index in [-0.39, 0.29) is 30.6 Å². The van der Waals surface area contributed by atoms with E-state index in [1.165, 1.54) is 14.0 Å². The molecular formula is C17H25N3O4. The summed E-state index contributed by atoms with van der Waals surface area (Å²) in [4.78, 5) is 25.6. The number of ether oxygens (including phenoxy) is 2. The van der Waals surface area contributed by atoms with E-state index in [4.69, 9.17) is 9.47 Å². The van der Waals surface area contributed by atoms with Crippen molar-refractivity contribution in [3.63, 3.8) is 0 Å². The normalized spacial score (nSPS) is 21.2. The first-order valence-electron chi connectivity index (χ1n) is 8.00. The number of rotatable bonds is 5. The van der Waals surface area contributed by atoms with E-state index in [9.17, 15) is 9.59 Å². The molecule has 7 nitrogen and oxygen atoms in total. The molecule has 1 heterocycles. The first kappa shape index (κ1) is 18.2. The van der Waals surface area contributed by atoms with Crippen molar-refractivity contribution < 1.29 is 19.1 Å². The summed E-state index contributed by atoms with van der Waals surface area (Å²) in [5.74, 6) is 0.240. The van der Waals surface area contributed by atoms with Crippen molar-refractivity contribution >= 4 is 23.2 Å². The number of hydrogen-bond acceptors (Lipinski definition) is 5. The predicted molar refractivity (Wildman–Crippen MR) is 92.4 cm³/mol. The first-order chi connectivity index (χ1) is 11.4. The summed E-state index contributed by atoms with van der Waals surface area (Å²) in [6, 6.07) is 5.11. The Bertz CT molecular complexity index is 595. The number of morpholine rings is 1. The molecule has 0 radical (unpaired) electrons. The maximum Gasteiger partial charge on any atom is 0.238 e. The van der Waals surface area contributed by atoms with Gasteiger partial charge in [-0.15, -0.1) is 0 Å². The van der Waals surface area contributed by atoms with Crippen LogP contribution in [0.2, 0.25) is 0 Å². The molecule has 2 rings (SSSR count). The van der Waals surface area contributed by atoms with Gasteiger partial charge in [0.1, 0.15) is 5.75 Å². The lowest BCUT2D eigenvalue weighted by atomic mass is 10.2. The van der Waals surface area contributed by atoms with Gasteiger partial charge in [-0.1, -0.05) is 0 Å². The van der Waals surface area contributed by atoms with Crippen LogP contribution in [0, 0.1) is 0 Å². The van der Waals surface area contributed by atoms with Crippen LogP contribution < -0.4 is 15.4 Å². The van der Waals surface area contributed by atoms with Gasteiger partial charge in [0.25, 0.3) is 0 Å². The third-order valence-electron chi connectivity index (χ3n) is 3.66. The van der Waals surface area contributed by atoms with Crippen molar-refractivity contribution in [3.8, 4) is 5.75 Å². The summed E-state index contributed by atoms with van der Waals surface area (Å²) >= 11 is 0. The topological polar surface area (TPSA) is 79.9 Å². The van der Waals surface area contributed by atoms with Gasteiger partial charge in [0.15, 0.2) is 0 Å². The zero-order valence-corrected chi connectivity index (χ0v) is 14.6. The van der Waals surface area contributed by atoms with E-state index in [0.29, 0.717) is 17.1 Å². The van der Waals surface area contributed by atoms with Crippen molar-refractivity contribution in [3.05, 3.63) is 18.2 Å². The largest absolute Gasteiger partial charge is 0.495 e. The molecule has 132 valence electrons. The lowest BCUT2D eigenvalue weighted by Gasteiger charge is -2.34. The molecule has 2 unspecified atom stereocenters. The molecule has 1 aliphatic heterocycles. The second-order valence-electron chi connectivity index (χ2n) is 6.10. The lowest BCUT2D eigenvalue weighted by molar-refractivity contribution is -0.121. The van der Waals surface area contributed by atoms with Crippen LogP contribution in [0.4, 0.5) is 11.4 Å². The molecule has 0 saturated carbocycles. The summed E-state index contributed by atoms with van der Waals surface area (Å²) in [7, 11) is 1.54. The Labute approximate surface area is 142 Å². The van der Waals surface area contributed by atoms with Crippen LogP contribution in [0.3, 0.4) is 0 Å². The fourth-order valence-corrected chi connectivity index (χ4v) is 2.89. The Morgan fingerprint density at radius 2 is 1.92 bits per heavy atom. The van der Waals surface area contributed by atoms with Crippen LogP contribution in [0.25, 0.3) is 0 Å². The quantitative estimate of drug-likeness (QED) is 0.856. The Morgan fingerprint density at radius 3 is 2.50 bits per heavy atom. The molecule has 1 fully saturated rings. The summed E-state index contributed by atoms with van der Waals surface area (Å²) in [6.45, 7) is 7.16. The molecule has 1 aromatic rings. The van der Waals surface area contributed by atoms with Gasteiger partial charge in [-0.05, 0) is 32.0 Å². The van der Waals surface area contributed by atoms with Gasteiger partial charge < -0.3 is 20.1 Å². The van der Waals surface area contributed by atoms with E-state index in [2.05, 4.69) is 15.5 Å². The average Bonchev–Trinajstić information content (AvgIpc) is 2.45. The van der Waals surface area contributed by atoms with E-state index in [1.54, 1.807) is 18.2 Å². The number of nitrogens with one attached hydrogen (secondary N) is 2. The molecule has 2 atom stereocenters. The maximum absolute atomic E-state index is 12.4. The Morgan fingerprint density at radius 1 is 1.25 bits per heavy atom. The highest BCUT2D eigenvalue weighted by molar-refractivity contribution is 5.95. The molecule has 2 amide bonds. The first-order valence-corrected chi connectivity index (χ1v) is 8.00. The lowest BCUT2D eigenvalue weighted by Crippen LogP contribution is -2.48. The fraction of sp³-hybridized carbons (Fsp3) is 0.529. The molecular weight excluding hydrogens is 310 g/mol. The van der Waals surface area contributed by atoms with Gasteiger partial charge in [-0.25, -0.2) is 0 Å². The number of anilines is 2. The van der Waals surface area contributed by atoms with Crippen LogP contribution >= 0.6 is 0 Å². The number of carbonyl (C=O) groups excluding carboxylic acids is 2. The third kappa shape index (κ3) is 5.21. The number of benzene rings is 1. The van der Waals surface area contributed by atoms with E-state index in [0.717, 1.165) is 13.1 Å². The smallest absolute Gasteiger partial charge is 0.238 e. The molecule has 1 aromatic carbocycles. The number of methoxy groups -OCH3 is 1. The van der Waals surface area contributed by atoms with Crippen LogP contribution in [0.5, 0.6) is 5.75 Å². The van der Waals surface area contributed by atoms with E-state index in [1.807, 2.05) is 13.8 Å². The van der Waals surface area contributed by atoms with Crippen LogP contribution in [0.15, 0.2) is 18.2 Å². The highest BCUT2D eigenvalue weighted by atomic mass is 16.5. The number of hydrogen-bond donors (Lipinski definition) is 2. The van der Waals surface area contributed by atoms with Gasteiger partial charge in [0.2, 0.25) is 11.8 Å². The summed E-state index contributed by atoms with van der Waals surface area (Å²) in [5.41, 5.74) is 1.13. The maximum atomic E-state index is 12.4. The molecule has 0 aliphatic carbocycles.